The zero-order chi connectivity index (χ0) is 14.7. The van der Waals surface area contributed by atoms with Crippen LogP contribution in [0, 0.1) is 5.92 Å². The monoisotopic (exact) mass is 344 g/mol. The van der Waals surface area contributed by atoms with Gasteiger partial charge in [0.05, 0.1) is 9.21 Å². The van der Waals surface area contributed by atoms with E-state index in [0.29, 0.717) is 15.1 Å². The summed E-state index contributed by atoms with van der Waals surface area (Å²) in [5.41, 5.74) is 0. The van der Waals surface area contributed by atoms with Crippen molar-refractivity contribution in [2.75, 3.05) is 31.1 Å². The zero-order valence-corrected chi connectivity index (χ0v) is 14.4. The van der Waals surface area contributed by atoms with Crippen LogP contribution < -0.4 is 5.32 Å². The number of likely N-dealkylation sites (tertiary alicyclic amines) is 1. The fourth-order valence-electron chi connectivity index (χ4n) is 3.09. The second-order valence-corrected chi connectivity index (χ2v) is 8.68. The molecule has 0 spiro atoms. The largest absolute Gasteiger partial charge is 0.351 e. The molecule has 0 aliphatic carbocycles. The Hall–Kier alpha value is -0.230. The molecule has 1 aromatic heterocycles. The molecule has 0 bridgehead atoms. The number of carbonyl (C=O) groups excluding carboxylic acids is 1. The van der Waals surface area contributed by atoms with Crippen molar-refractivity contribution in [2.24, 2.45) is 5.92 Å². The van der Waals surface area contributed by atoms with E-state index in [2.05, 4.69) is 22.0 Å². The van der Waals surface area contributed by atoms with Gasteiger partial charge in [0.1, 0.15) is 0 Å². The quantitative estimate of drug-likeness (QED) is 0.909. The average Bonchev–Trinajstić information content (AvgIpc) is 3.16. The van der Waals surface area contributed by atoms with Gasteiger partial charge in [-0.15, -0.1) is 11.3 Å². The average molecular weight is 345 g/mol. The lowest BCUT2D eigenvalue weighted by atomic mass is 9.95. The summed E-state index contributed by atoms with van der Waals surface area (Å²) in [4.78, 5) is 15.4. The van der Waals surface area contributed by atoms with E-state index in [9.17, 15) is 4.79 Å². The number of rotatable bonds is 4. The number of nitrogens with zero attached hydrogens (tertiary/aromatic N) is 1. The van der Waals surface area contributed by atoms with E-state index < -0.39 is 0 Å². The van der Waals surface area contributed by atoms with Crippen LogP contribution in [0.15, 0.2) is 12.1 Å². The summed E-state index contributed by atoms with van der Waals surface area (Å²) >= 11 is 9.29. The molecule has 1 atom stereocenters. The first-order valence-corrected chi connectivity index (χ1v) is 9.92. The van der Waals surface area contributed by atoms with Gasteiger partial charge in [-0.25, -0.2) is 0 Å². The summed E-state index contributed by atoms with van der Waals surface area (Å²) in [5, 5.41) is 3.06. The molecule has 6 heteroatoms. The summed E-state index contributed by atoms with van der Waals surface area (Å²) in [6.45, 7) is 3.18. The molecule has 1 amide bonds. The highest BCUT2D eigenvalue weighted by atomic mass is 35.5. The third-order valence-electron chi connectivity index (χ3n) is 4.42. The molecular formula is C15H21ClN2OS2. The lowest BCUT2D eigenvalue weighted by Gasteiger charge is -2.35. The van der Waals surface area contributed by atoms with Gasteiger partial charge in [-0.2, -0.15) is 11.8 Å². The summed E-state index contributed by atoms with van der Waals surface area (Å²) in [6.07, 6.45) is 3.75. The topological polar surface area (TPSA) is 32.3 Å². The second kappa shape index (κ2) is 7.36. The standard InChI is InChI=1S/C15H21ClN2OS2/c16-14-2-1-13(21-14)15(19)17-9-11-3-6-18(7-4-11)12-5-8-20-10-12/h1-2,11-12H,3-10H2,(H,17,19)/t12-/m0/s1. The molecular weight excluding hydrogens is 324 g/mol. The van der Waals surface area contributed by atoms with E-state index >= 15 is 0 Å². The van der Waals surface area contributed by atoms with Crippen molar-refractivity contribution in [3.8, 4) is 0 Å². The van der Waals surface area contributed by atoms with Gasteiger partial charge in [0, 0.05) is 18.3 Å². The van der Waals surface area contributed by atoms with Crippen LogP contribution in [0.3, 0.4) is 0 Å². The van der Waals surface area contributed by atoms with E-state index in [1.807, 2.05) is 0 Å². The van der Waals surface area contributed by atoms with Crippen LogP contribution in [-0.2, 0) is 0 Å². The summed E-state index contributed by atoms with van der Waals surface area (Å²) in [5.74, 6) is 3.26. The lowest BCUT2D eigenvalue weighted by molar-refractivity contribution is 0.0932. The van der Waals surface area contributed by atoms with Crippen LogP contribution in [-0.4, -0.2) is 48.0 Å². The van der Waals surface area contributed by atoms with Gasteiger partial charge in [-0.1, -0.05) is 11.6 Å². The third kappa shape index (κ3) is 4.15. The minimum atomic E-state index is 0.0153. The molecule has 2 aliphatic rings. The van der Waals surface area contributed by atoms with Crippen molar-refractivity contribution in [3.63, 3.8) is 0 Å². The van der Waals surface area contributed by atoms with Gasteiger partial charge in [0.2, 0.25) is 0 Å². The summed E-state index contributed by atoms with van der Waals surface area (Å²) < 4.78 is 0.669. The number of thioether (sulfide) groups is 1. The van der Waals surface area contributed by atoms with Crippen LogP contribution >= 0.6 is 34.7 Å². The van der Waals surface area contributed by atoms with E-state index in [1.165, 1.54) is 55.2 Å². The van der Waals surface area contributed by atoms with Gasteiger partial charge in [-0.3, -0.25) is 9.69 Å². The Morgan fingerprint density at radius 2 is 2.14 bits per heavy atom. The van der Waals surface area contributed by atoms with Gasteiger partial charge in [0.25, 0.3) is 5.91 Å². The Labute approximate surface area is 139 Å². The fraction of sp³-hybridized carbons (Fsp3) is 0.667. The number of piperidine rings is 1. The molecule has 0 aromatic carbocycles. The maximum atomic E-state index is 12.0. The Kier molecular flexibility index (Phi) is 5.49. The highest BCUT2D eigenvalue weighted by molar-refractivity contribution is 7.99. The number of thiophene rings is 1. The number of amides is 1. The van der Waals surface area contributed by atoms with Crippen molar-refractivity contribution >= 4 is 40.6 Å². The number of carbonyl (C=O) groups is 1. The molecule has 1 N–H and O–H groups in total. The first-order chi connectivity index (χ1) is 10.2. The number of halogens is 1. The molecule has 0 saturated carbocycles. The highest BCUT2D eigenvalue weighted by Gasteiger charge is 2.27. The molecule has 2 aliphatic heterocycles. The van der Waals surface area contributed by atoms with Crippen LogP contribution in [0.4, 0.5) is 0 Å². The Balaban J connectivity index is 1.40. The molecule has 3 nitrogen and oxygen atoms in total. The van der Waals surface area contributed by atoms with E-state index in [4.69, 9.17) is 11.6 Å². The molecule has 3 rings (SSSR count). The second-order valence-electron chi connectivity index (χ2n) is 5.81. The predicted molar refractivity (Wildman–Crippen MR) is 91.7 cm³/mol. The minimum absolute atomic E-state index is 0.0153. The Bertz CT molecular complexity index is 480. The summed E-state index contributed by atoms with van der Waals surface area (Å²) in [6, 6.07) is 4.38. The molecule has 0 radical (unpaired) electrons. The molecule has 3 heterocycles. The van der Waals surface area contributed by atoms with Gasteiger partial charge in [0.15, 0.2) is 0 Å². The van der Waals surface area contributed by atoms with E-state index in [-0.39, 0.29) is 5.91 Å². The van der Waals surface area contributed by atoms with E-state index in [0.717, 1.165) is 12.6 Å². The van der Waals surface area contributed by atoms with Crippen LogP contribution in [0.1, 0.15) is 28.9 Å². The minimum Gasteiger partial charge on any atom is -0.351 e. The zero-order valence-electron chi connectivity index (χ0n) is 12.0. The molecule has 0 unspecified atom stereocenters. The van der Waals surface area contributed by atoms with Gasteiger partial charge >= 0.3 is 0 Å². The predicted octanol–water partition coefficient (Wildman–Crippen LogP) is 3.35. The Morgan fingerprint density at radius 1 is 1.33 bits per heavy atom. The smallest absolute Gasteiger partial charge is 0.261 e. The number of hydrogen-bond donors (Lipinski definition) is 1. The van der Waals surface area contributed by atoms with Crippen LogP contribution in [0.5, 0.6) is 0 Å². The fourth-order valence-corrected chi connectivity index (χ4v) is 5.31. The maximum absolute atomic E-state index is 12.0. The SMILES string of the molecule is O=C(NCC1CCN([C@H]2CCSC2)CC1)c1ccc(Cl)s1. The third-order valence-corrected chi connectivity index (χ3v) is 6.79. The first kappa shape index (κ1) is 15.7. The van der Waals surface area contributed by atoms with E-state index in [1.54, 1.807) is 12.1 Å². The normalized spacial score (nSPS) is 24.3. The number of nitrogens with one attached hydrogen (secondary N) is 1. The van der Waals surface area contributed by atoms with Crippen molar-refractivity contribution in [2.45, 2.75) is 25.3 Å². The Morgan fingerprint density at radius 3 is 2.76 bits per heavy atom. The molecule has 21 heavy (non-hydrogen) atoms. The lowest BCUT2D eigenvalue weighted by Crippen LogP contribution is -2.43. The highest BCUT2D eigenvalue weighted by Crippen LogP contribution is 2.27. The summed E-state index contributed by atoms with van der Waals surface area (Å²) in [7, 11) is 0. The molecule has 2 fully saturated rings. The van der Waals surface area contributed by atoms with Crippen LogP contribution in [0.2, 0.25) is 4.34 Å². The number of hydrogen-bond acceptors (Lipinski definition) is 4. The first-order valence-electron chi connectivity index (χ1n) is 7.57. The van der Waals surface area contributed by atoms with Gasteiger partial charge < -0.3 is 5.32 Å². The van der Waals surface area contributed by atoms with Crippen molar-refractivity contribution in [1.29, 1.82) is 0 Å². The van der Waals surface area contributed by atoms with Crippen molar-refractivity contribution < 1.29 is 4.79 Å². The maximum Gasteiger partial charge on any atom is 0.261 e. The van der Waals surface area contributed by atoms with Gasteiger partial charge in [-0.05, 0) is 56.2 Å². The van der Waals surface area contributed by atoms with Crippen molar-refractivity contribution in [3.05, 3.63) is 21.3 Å². The van der Waals surface area contributed by atoms with Crippen LogP contribution in [0.25, 0.3) is 0 Å². The van der Waals surface area contributed by atoms with Crippen molar-refractivity contribution in [1.82, 2.24) is 10.2 Å². The molecule has 1 aromatic rings. The molecule has 116 valence electrons. The molecule has 2 saturated heterocycles.